The molecule has 0 aliphatic rings. The average Bonchev–Trinajstić information content (AvgIpc) is 2.35. The van der Waals surface area contributed by atoms with Crippen LogP contribution in [0.4, 0.5) is 18.9 Å². The van der Waals surface area contributed by atoms with Crippen LogP contribution in [0, 0.1) is 6.92 Å². The van der Waals surface area contributed by atoms with E-state index in [4.69, 9.17) is 10.5 Å². The van der Waals surface area contributed by atoms with Gasteiger partial charge in [0.15, 0.2) is 6.61 Å². The Kier molecular flexibility index (Phi) is 3.83. The molecule has 6 heteroatoms. The molecule has 0 fully saturated rings. The maximum Gasteiger partial charge on any atom is 0.422 e. The van der Waals surface area contributed by atoms with Gasteiger partial charge in [0, 0.05) is 29.7 Å². The lowest BCUT2D eigenvalue weighted by Crippen LogP contribution is -2.19. The molecule has 0 spiro atoms. The number of nitrogens with two attached hydrogens (primary N) is 1. The predicted octanol–water partition coefficient (Wildman–Crippen LogP) is 3.58. The van der Waals surface area contributed by atoms with E-state index < -0.39 is 12.8 Å². The van der Waals surface area contributed by atoms with Crippen LogP contribution in [0.3, 0.4) is 0 Å². The molecule has 1 aromatic heterocycles. The van der Waals surface area contributed by atoms with E-state index in [1.807, 2.05) is 13.0 Å². The number of hydrogen-bond donors (Lipinski definition) is 1. The third kappa shape index (κ3) is 3.63. The normalized spacial score (nSPS) is 11.4. The molecule has 0 aliphatic heterocycles. The van der Waals surface area contributed by atoms with Gasteiger partial charge in [-0.25, -0.2) is 0 Å². The molecule has 20 heavy (non-hydrogen) atoms. The highest BCUT2D eigenvalue weighted by Crippen LogP contribution is 2.29. The van der Waals surface area contributed by atoms with Crippen LogP contribution in [0.5, 0.6) is 5.75 Å². The van der Waals surface area contributed by atoms with Gasteiger partial charge >= 0.3 is 6.18 Å². The molecule has 0 saturated carbocycles. The third-order valence-corrected chi connectivity index (χ3v) is 2.68. The van der Waals surface area contributed by atoms with Crippen LogP contribution in [-0.2, 0) is 0 Å². The molecule has 0 saturated heterocycles. The van der Waals surface area contributed by atoms with Gasteiger partial charge in [0.05, 0.1) is 0 Å². The molecule has 1 heterocycles. The first kappa shape index (κ1) is 14.2. The van der Waals surface area contributed by atoms with Gasteiger partial charge < -0.3 is 10.5 Å². The van der Waals surface area contributed by atoms with E-state index >= 15 is 0 Å². The first-order valence-electron chi connectivity index (χ1n) is 5.86. The molecule has 0 unspecified atom stereocenters. The number of aromatic nitrogens is 1. The van der Waals surface area contributed by atoms with Gasteiger partial charge in [-0.2, -0.15) is 13.2 Å². The monoisotopic (exact) mass is 282 g/mol. The Morgan fingerprint density at radius 3 is 2.65 bits per heavy atom. The molecule has 0 radical (unpaired) electrons. The Bertz CT molecular complexity index is 612. The third-order valence-electron chi connectivity index (χ3n) is 2.68. The van der Waals surface area contributed by atoms with Crippen LogP contribution in [0.2, 0.25) is 0 Å². The topological polar surface area (TPSA) is 48.1 Å². The van der Waals surface area contributed by atoms with Crippen LogP contribution in [0.15, 0.2) is 36.7 Å². The number of pyridine rings is 1. The fourth-order valence-electron chi connectivity index (χ4n) is 1.79. The molecular formula is C14H13F3N2O. The van der Waals surface area contributed by atoms with E-state index in [1.165, 1.54) is 12.1 Å². The second-order valence-corrected chi connectivity index (χ2v) is 4.39. The maximum atomic E-state index is 12.2. The van der Waals surface area contributed by atoms with Crippen molar-refractivity contribution >= 4 is 5.69 Å². The Balaban J connectivity index is 2.32. The molecule has 2 rings (SSSR count). The van der Waals surface area contributed by atoms with Crippen LogP contribution >= 0.6 is 0 Å². The SMILES string of the molecule is Cc1ccncc1-c1cc(N)cc(OCC(F)(F)F)c1. The van der Waals surface area contributed by atoms with E-state index in [-0.39, 0.29) is 5.75 Å². The summed E-state index contributed by atoms with van der Waals surface area (Å²) in [4.78, 5) is 4.00. The number of anilines is 1. The number of halogens is 3. The Labute approximate surface area is 114 Å². The predicted molar refractivity (Wildman–Crippen MR) is 70.4 cm³/mol. The van der Waals surface area contributed by atoms with Crippen LogP contribution in [-0.4, -0.2) is 17.8 Å². The van der Waals surface area contributed by atoms with Crippen molar-refractivity contribution in [3.8, 4) is 16.9 Å². The summed E-state index contributed by atoms with van der Waals surface area (Å²) in [5.41, 5.74) is 8.47. The summed E-state index contributed by atoms with van der Waals surface area (Å²) in [5, 5.41) is 0. The Morgan fingerprint density at radius 2 is 2.00 bits per heavy atom. The second kappa shape index (κ2) is 5.40. The molecule has 2 N–H and O–H groups in total. The van der Waals surface area contributed by atoms with Gasteiger partial charge in [0.25, 0.3) is 0 Å². The quantitative estimate of drug-likeness (QED) is 0.875. The minimum atomic E-state index is -4.38. The van der Waals surface area contributed by atoms with Gasteiger partial charge in [-0.15, -0.1) is 0 Å². The molecule has 106 valence electrons. The zero-order valence-corrected chi connectivity index (χ0v) is 10.7. The lowest BCUT2D eigenvalue weighted by molar-refractivity contribution is -0.153. The highest BCUT2D eigenvalue weighted by molar-refractivity contribution is 5.71. The molecular weight excluding hydrogens is 269 g/mol. The number of benzene rings is 1. The van der Waals surface area contributed by atoms with Crippen molar-refractivity contribution in [3.63, 3.8) is 0 Å². The van der Waals surface area contributed by atoms with Gasteiger partial charge in [-0.1, -0.05) is 0 Å². The highest BCUT2D eigenvalue weighted by Gasteiger charge is 2.28. The standard InChI is InChI=1S/C14H13F3N2O/c1-9-2-3-19-7-13(9)10-4-11(18)6-12(5-10)20-8-14(15,16)17/h2-7H,8,18H2,1H3. The average molecular weight is 282 g/mol. The number of hydrogen-bond acceptors (Lipinski definition) is 3. The molecule has 0 atom stereocenters. The molecule has 1 aromatic carbocycles. The van der Waals surface area contributed by atoms with Gasteiger partial charge in [0.1, 0.15) is 5.75 Å². The first-order chi connectivity index (χ1) is 9.35. The minimum Gasteiger partial charge on any atom is -0.484 e. The number of nitrogen functional groups attached to an aromatic ring is 1. The van der Waals surface area contributed by atoms with Crippen molar-refractivity contribution in [2.45, 2.75) is 13.1 Å². The van der Waals surface area contributed by atoms with Gasteiger partial charge in [-0.3, -0.25) is 4.98 Å². The fourth-order valence-corrected chi connectivity index (χ4v) is 1.79. The van der Waals surface area contributed by atoms with E-state index in [9.17, 15) is 13.2 Å². The maximum absolute atomic E-state index is 12.2. The number of nitrogens with zero attached hydrogens (tertiary/aromatic N) is 1. The number of alkyl halides is 3. The van der Waals surface area contributed by atoms with Crippen LogP contribution in [0.25, 0.3) is 11.1 Å². The number of ether oxygens (including phenoxy) is 1. The van der Waals surface area contributed by atoms with Crippen molar-refractivity contribution < 1.29 is 17.9 Å². The summed E-state index contributed by atoms with van der Waals surface area (Å²) in [6, 6.07) is 6.37. The van der Waals surface area contributed by atoms with E-state index in [0.29, 0.717) is 11.3 Å². The van der Waals surface area contributed by atoms with Crippen LogP contribution in [0.1, 0.15) is 5.56 Å². The second-order valence-electron chi connectivity index (χ2n) is 4.39. The summed E-state index contributed by atoms with van der Waals surface area (Å²) in [5.74, 6) is 0.0839. The lowest BCUT2D eigenvalue weighted by atomic mass is 10.0. The first-order valence-corrected chi connectivity index (χ1v) is 5.86. The van der Waals surface area contributed by atoms with Crippen molar-refractivity contribution in [2.75, 3.05) is 12.3 Å². The molecule has 3 nitrogen and oxygen atoms in total. The smallest absolute Gasteiger partial charge is 0.422 e. The van der Waals surface area contributed by atoms with E-state index in [1.54, 1.807) is 18.5 Å². The summed E-state index contributed by atoms with van der Waals surface area (Å²) in [7, 11) is 0. The van der Waals surface area contributed by atoms with E-state index in [0.717, 1.165) is 11.1 Å². The van der Waals surface area contributed by atoms with Crippen molar-refractivity contribution in [3.05, 3.63) is 42.2 Å². The summed E-state index contributed by atoms with van der Waals surface area (Å²) in [6.07, 6.45) is -1.10. The molecule has 0 aliphatic carbocycles. The van der Waals surface area contributed by atoms with E-state index in [2.05, 4.69) is 4.98 Å². The van der Waals surface area contributed by atoms with Crippen molar-refractivity contribution in [2.24, 2.45) is 0 Å². The zero-order valence-electron chi connectivity index (χ0n) is 10.7. The summed E-state index contributed by atoms with van der Waals surface area (Å²) < 4.78 is 41.2. The lowest BCUT2D eigenvalue weighted by Gasteiger charge is -2.12. The highest BCUT2D eigenvalue weighted by atomic mass is 19.4. The van der Waals surface area contributed by atoms with Crippen molar-refractivity contribution in [1.29, 1.82) is 0 Å². The molecule has 2 aromatic rings. The Morgan fingerprint density at radius 1 is 1.25 bits per heavy atom. The van der Waals surface area contributed by atoms with Gasteiger partial charge in [-0.05, 0) is 36.2 Å². The fraction of sp³-hybridized carbons (Fsp3) is 0.214. The number of aryl methyl sites for hydroxylation is 1. The summed E-state index contributed by atoms with van der Waals surface area (Å²) in [6.45, 7) is 0.540. The molecule has 0 amide bonds. The summed E-state index contributed by atoms with van der Waals surface area (Å²) >= 11 is 0. The van der Waals surface area contributed by atoms with Gasteiger partial charge in [0.2, 0.25) is 0 Å². The molecule has 0 bridgehead atoms. The van der Waals surface area contributed by atoms with Crippen molar-refractivity contribution in [1.82, 2.24) is 4.98 Å². The largest absolute Gasteiger partial charge is 0.484 e. The van der Waals surface area contributed by atoms with Crippen LogP contribution < -0.4 is 10.5 Å². The number of rotatable bonds is 3. The Hall–Kier alpha value is -2.24. The zero-order chi connectivity index (χ0) is 14.8. The minimum absolute atomic E-state index is 0.0839.